The second kappa shape index (κ2) is 32.6. The molecule has 1 rings (SSSR count). The van der Waals surface area contributed by atoms with Gasteiger partial charge in [-0.25, -0.2) is 4.79 Å². The van der Waals surface area contributed by atoms with E-state index >= 15 is 0 Å². The van der Waals surface area contributed by atoms with E-state index in [-0.39, 0.29) is 74.5 Å². The molecular weight excluding hydrogens is 965 g/mol. The zero-order chi connectivity index (χ0) is 56.6. The monoisotopic (exact) mass is 1050 g/mol. The molecule has 0 fully saturated rings. The van der Waals surface area contributed by atoms with Gasteiger partial charge in [-0.2, -0.15) is 0 Å². The number of nitrogens with one attached hydrogen (secondary N) is 8. The Hall–Kier alpha value is -6.60. The van der Waals surface area contributed by atoms with Crippen LogP contribution in [0.2, 0.25) is 0 Å². The van der Waals surface area contributed by atoms with Crippen molar-refractivity contribution in [2.45, 2.75) is 175 Å². The number of aliphatic carboxylic acids is 1. The van der Waals surface area contributed by atoms with Crippen molar-refractivity contribution in [3.8, 4) is 5.75 Å². The SMILES string of the molecule is CC[C@H](C)[C@H](NC(=O)[C@H](CC(C)C)NC(=O)[C@H](Cc1ccc(O)cc1)NC(=O)[C@@H](N)CO)C(=O)N[C@@H](CCCN=C(N)N)C(=O)N[C@@H](C)C(=O)N[C@@H](CC(C)C)C(=O)N[C@H](C(=O)N[C@@H](CC(C)C)C(=O)O)[C@@H](C)O. The molecule has 1 aromatic carbocycles. The Labute approximate surface area is 433 Å². The van der Waals surface area contributed by atoms with E-state index in [1.807, 2.05) is 0 Å². The topological polar surface area (TPSA) is 421 Å². The summed E-state index contributed by atoms with van der Waals surface area (Å²) in [6.07, 6.45) is -0.912. The number of benzene rings is 1. The van der Waals surface area contributed by atoms with Gasteiger partial charge in [0.2, 0.25) is 47.3 Å². The molecule has 0 aliphatic rings. The molecule has 11 atom stereocenters. The van der Waals surface area contributed by atoms with Crippen LogP contribution in [0.1, 0.15) is 113 Å². The maximum atomic E-state index is 14.3. The van der Waals surface area contributed by atoms with Gasteiger partial charge < -0.3 is 80.2 Å². The van der Waals surface area contributed by atoms with E-state index < -0.39 is 126 Å². The summed E-state index contributed by atoms with van der Waals surface area (Å²) in [5, 5.41) is 59.9. The van der Waals surface area contributed by atoms with Gasteiger partial charge in [0.1, 0.15) is 60.1 Å². The fraction of sp³-hybridized carbons (Fsp3) is 0.673. The molecule has 0 saturated carbocycles. The van der Waals surface area contributed by atoms with Crippen LogP contribution in [0.15, 0.2) is 29.3 Å². The van der Waals surface area contributed by atoms with Crippen LogP contribution in [-0.2, 0) is 49.6 Å². The first kappa shape index (κ1) is 65.4. The molecule has 0 spiro atoms. The van der Waals surface area contributed by atoms with Gasteiger partial charge in [0, 0.05) is 13.0 Å². The smallest absolute Gasteiger partial charge is 0.326 e. The fourth-order valence-corrected chi connectivity index (χ4v) is 7.40. The van der Waals surface area contributed by atoms with Crippen LogP contribution in [0.4, 0.5) is 0 Å². The standard InChI is InChI=1S/C49H84N12O13/c1-11-27(8)38(60-44(69)35(20-25(4)5)58-43(68)36(57-41(66)32(50)23-62)22-30-14-16-31(64)17-15-30)46(71)55-33(13-12-18-53-49(51)52)42(67)54-28(9)40(65)56-34(19-24(2)3)45(70)61-39(29(10)63)47(72)59-37(48(73)74)21-26(6)7/h14-17,24-29,32-39,62-64H,11-13,18-23,50H2,1-10H3,(H,54,67)(H,55,71)(H,56,65)(H,57,66)(H,58,68)(H,59,72)(H,60,69)(H,61,70)(H,73,74)(H4,51,52,53)/t27-,28-,29+,32-,33-,34-,35-,36-,37-,38-,39-/m0/s1. The number of carboxylic acids is 1. The maximum Gasteiger partial charge on any atom is 0.326 e. The number of phenolic OH excluding ortho intramolecular Hbond substituents is 1. The second-order valence-electron chi connectivity index (χ2n) is 20.0. The first-order valence-corrected chi connectivity index (χ1v) is 25.0. The van der Waals surface area contributed by atoms with Crippen molar-refractivity contribution in [3.63, 3.8) is 0 Å². The van der Waals surface area contributed by atoms with Crippen molar-refractivity contribution >= 4 is 59.2 Å². The molecule has 8 amide bonds. The highest BCUT2D eigenvalue weighted by molar-refractivity contribution is 5.98. The molecule has 0 saturated heterocycles. The molecule has 0 aliphatic carbocycles. The predicted molar refractivity (Wildman–Crippen MR) is 275 cm³/mol. The van der Waals surface area contributed by atoms with Crippen molar-refractivity contribution in [2.75, 3.05) is 13.2 Å². The normalized spacial score (nSPS) is 15.8. The minimum atomic E-state index is -1.60. The number of carboxylic acid groups (broad SMARTS) is 1. The summed E-state index contributed by atoms with van der Waals surface area (Å²) >= 11 is 0. The minimum Gasteiger partial charge on any atom is -0.508 e. The Morgan fingerprint density at radius 3 is 1.47 bits per heavy atom. The van der Waals surface area contributed by atoms with Gasteiger partial charge >= 0.3 is 5.97 Å². The summed E-state index contributed by atoms with van der Waals surface area (Å²) in [5.74, 6) is -9.27. The number of guanidine groups is 1. The average molecular weight is 1050 g/mol. The maximum absolute atomic E-state index is 14.3. The summed E-state index contributed by atoms with van der Waals surface area (Å²) in [4.78, 5) is 125. The number of aliphatic imine (C=N–C) groups is 1. The number of carbonyl (C=O) groups excluding carboxylic acids is 8. The summed E-state index contributed by atoms with van der Waals surface area (Å²) in [7, 11) is 0. The van der Waals surface area contributed by atoms with Crippen LogP contribution in [-0.4, -0.2) is 153 Å². The number of amides is 8. The average Bonchev–Trinajstić information content (AvgIpc) is 3.31. The predicted octanol–water partition coefficient (Wildman–Crippen LogP) is -2.14. The van der Waals surface area contributed by atoms with E-state index in [0.717, 1.165) is 0 Å². The number of nitrogens with zero attached hydrogens (tertiary/aromatic N) is 1. The van der Waals surface area contributed by atoms with Crippen molar-refractivity contribution in [2.24, 2.45) is 45.9 Å². The van der Waals surface area contributed by atoms with Gasteiger partial charge in [0.15, 0.2) is 5.96 Å². The lowest BCUT2D eigenvalue weighted by atomic mass is 9.96. The Balaban J connectivity index is 3.44. The van der Waals surface area contributed by atoms with Crippen LogP contribution in [0.3, 0.4) is 0 Å². The summed E-state index contributed by atoms with van der Waals surface area (Å²) in [6.45, 7) is 16.0. The zero-order valence-electron chi connectivity index (χ0n) is 44.4. The van der Waals surface area contributed by atoms with E-state index in [4.69, 9.17) is 17.2 Å². The van der Waals surface area contributed by atoms with Crippen molar-refractivity contribution in [1.29, 1.82) is 0 Å². The molecule has 1 aromatic rings. The molecular formula is C49H84N12O13. The number of aliphatic hydroxyl groups excluding tert-OH is 2. The second-order valence-corrected chi connectivity index (χ2v) is 20.0. The van der Waals surface area contributed by atoms with E-state index in [0.29, 0.717) is 12.0 Å². The Kier molecular flexibility index (Phi) is 28.8. The number of rotatable bonds is 33. The summed E-state index contributed by atoms with van der Waals surface area (Å²) < 4.78 is 0. The number of aliphatic hydroxyl groups is 2. The molecule has 0 radical (unpaired) electrons. The van der Waals surface area contributed by atoms with Gasteiger partial charge in [-0.05, 0) is 87.3 Å². The number of phenols is 1. The highest BCUT2D eigenvalue weighted by Crippen LogP contribution is 2.15. The van der Waals surface area contributed by atoms with Gasteiger partial charge in [-0.1, -0.05) is 73.9 Å². The van der Waals surface area contributed by atoms with Crippen LogP contribution in [0.5, 0.6) is 5.75 Å². The molecule has 25 nitrogen and oxygen atoms in total. The van der Waals surface area contributed by atoms with E-state index in [1.54, 1.807) is 55.4 Å². The first-order valence-electron chi connectivity index (χ1n) is 25.0. The number of hydrogen-bond donors (Lipinski definition) is 15. The van der Waals surface area contributed by atoms with Crippen molar-refractivity contribution in [1.82, 2.24) is 42.5 Å². The Morgan fingerprint density at radius 1 is 0.568 bits per heavy atom. The van der Waals surface area contributed by atoms with Crippen molar-refractivity contribution in [3.05, 3.63) is 29.8 Å². The lowest BCUT2D eigenvalue weighted by Gasteiger charge is -2.30. The minimum absolute atomic E-state index is 0.0355. The quantitative estimate of drug-likeness (QED) is 0.0203. The molecule has 0 bridgehead atoms. The summed E-state index contributed by atoms with van der Waals surface area (Å²) in [6, 6.07) is -6.21. The third kappa shape index (κ3) is 24.0. The summed E-state index contributed by atoms with van der Waals surface area (Å²) in [5.41, 5.74) is 17.3. The fourth-order valence-electron chi connectivity index (χ4n) is 7.40. The lowest BCUT2D eigenvalue weighted by Crippen LogP contribution is -2.61. The zero-order valence-corrected chi connectivity index (χ0v) is 44.4. The first-order chi connectivity index (χ1) is 34.5. The largest absolute Gasteiger partial charge is 0.508 e. The van der Waals surface area contributed by atoms with Gasteiger partial charge in [-0.3, -0.25) is 43.3 Å². The van der Waals surface area contributed by atoms with Gasteiger partial charge in [0.25, 0.3) is 0 Å². The van der Waals surface area contributed by atoms with Crippen molar-refractivity contribution < 1.29 is 63.6 Å². The number of carbonyl (C=O) groups is 9. The lowest BCUT2D eigenvalue weighted by molar-refractivity contribution is -0.143. The highest BCUT2D eigenvalue weighted by Gasteiger charge is 2.36. The number of nitrogens with two attached hydrogens (primary N) is 3. The molecule has 18 N–H and O–H groups in total. The van der Waals surface area contributed by atoms with Gasteiger partial charge in [-0.15, -0.1) is 0 Å². The molecule has 0 aromatic heterocycles. The van der Waals surface area contributed by atoms with Gasteiger partial charge in [0.05, 0.1) is 12.7 Å². The van der Waals surface area contributed by atoms with Crippen LogP contribution in [0.25, 0.3) is 0 Å². The molecule has 25 heteroatoms. The molecule has 74 heavy (non-hydrogen) atoms. The molecule has 0 aliphatic heterocycles. The third-order valence-electron chi connectivity index (χ3n) is 11.7. The number of aromatic hydroxyl groups is 1. The number of hydrogen-bond acceptors (Lipinski definition) is 14. The molecule has 0 heterocycles. The third-order valence-corrected chi connectivity index (χ3v) is 11.7. The van der Waals surface area contributed by atoms with Crippen LogP contribution in [0, 0.1) is 23.7 Å². The molecule has 418 valence electrons. The van der Waals surface area contributed by atoms with E-state index in [9.17, 15) is 63.6 Å². The van der Waals surface area contributed by atoms with Crippen LogP contribution >= 0.6 is 0 Å². The van der Waals surface area contributed by atoms with E-state index in [1.165, 1.54) is 38.1 Å². The Bertz CT molecular complexity index is 2050. The van der Waals surface area contributed by atoms with E-state index in [2.05, 4.69) is 47.5 Å². The van der Waals surface area contributed by atoms with Crippen LogP contribution < -0.4 is 59.7 Å². The molecule has 0 unspecified atom stereocenters. The highest BCUT2D eigenvalue weighted by atomic mass is 16.4. The Morgan fingerprint density at radius 2 is 1.00 bits per heavy atom.